The summed E-state index contributed by atoms with van der Waals surface area (Å²) in [7, 11) is 1.57. The third-order valence-corrected chi connectivity index (χ3v) is 5.52. The number of amides is 2. The minimum atomic E-state index is -0.462. The van der Waals surface area contributed by atoms with Crippen LogP contribution in [-0.4, -0.2) is 30.4 Å². The van der Waals surface area contributed by atoms with Gasteiger partial charge in [0, 0.05) is 12.1 Å². The van der Waals surface area contributed by atoms with Gasteiger partial charge in [-0.2, -0.15) is 0 Å². The molecule has 4 rings (SSSR count). The molecular weight excluding hydrogens is 408 g/mol. The Balaban J connectivity index is 1.61. The second kappa shape index (κ2) is 9.60. The average Bonchev–Trinajstić information content (AvgIpc) is 3.45. The fraction of sp³-hybridized carbons (Fsp3) is 0.280. The lowest BCUT2D eigenvalue weighted by Crippen LogP contribution is -2.34. The van der Waals surface area contributed by atoms with Gasteiger partial charge in [-0.1, -0.05) is 24.3 Å². The molecule has 0 radical (unpaired) electrons. The van der Waals surface area contributed by atoms with E-state index in [0.29, 0.717) is 42.5 Å². The number of carbonyl (C=O) groups excluding carboxylic acids is 2. The molecule has 32 heavy (non-hydrogen) atoms. The minimum absolute atomic E-state index is 0.0858. The summed E-state index contributed by atoms with van der Waals surface area (Å²) in [6.45, 7) is 3.15. The first-order valence-corrected chi connectivity index (χ1v) is 10.6. The number of carbonyl (C=O) groups is 2. The molecule has 2 amide bonds. The smallest absolute Gasteiger partial charge is 0.255 e. The average molecular weight is 434 g/mol. The van der Waals surface area contributed by atoms with E-state index in [0.717, 1.165) is 11.1 Å². The molecule has 0 bridgehead atoms. The summed E-state index contributed by atoms with van der Waals surface area (Å²) in [6, 6.07) is 16.2. The zero-order valence-corrected chi connectivity index (χ0v) is 18.2. The Bertz CT molecular complexity index is 1090. The summed E-state index contributed by atoms with van der Waals surface area (Å²) < 4.78 is 16.4. The topological polar surface area (TPSA) is 81.0 Å². The van der Waals surface area contributed by atoms with Crippen molar-refractivity contribution in [3.8, 4) is 11.5 Å². The van der Waals surface area contributed by atoms with Gasteiger partial charge < -0.3 is 24.1 Å². The van der Waals surface area contributed by atoms with Gasteiger partial charge in [-0.15, -0.1) is 0 Å². The van der Waals surface area contributed by atoms with E-state index in [-0.39, 0.29) is 18.2 Å². The highest BCUT2D eigenvalue weighted by Gasteiger charge is 2.34. The Morgan fingerprint density at radius 2 is 2.00 bits per heavy atom. The summed E-state index contributed by atoms with van der Waals surface area (Å²) in [5.74, 6) is 1.59. The Morgan fingerprint density at radius 3 is 2.72 bits per heavy atom. The molecule has 2 heterocycles. The van der Waals surface area contributed by atoms with Crippen LogP contribution >= 0.6 is 0 Å². The third-order valence-electron chi connectivity index (χ3n) is 5.52. The Hall–Kier alpha value is -3.74. The molecule has 0 unspecified atom stereocenters. The molecule has 0 spiro atoms. The van der Waals surface area contributed by atoms with Crippen LogP contribution in [0.15, 0.2) is 65.3 Å². The van der Waals surface area contributed by atoms with E-state index in [9.17, 15) is 9.59 Å². The number of rotatable bonds is 9. The summed E-state index contributed by atoms with van der Waals surface area (Å²) >= 11 is 0. The first-order chi connectivity index (χ1) is 15.6. The van der Waals surface area contributed by atoms with Crippen LogP contribution in [0.5, 0.6) is 11.5 Å². The summed E-state index contributed by atoms with van der Waals surface area (Å²) in [4.78, 5) is 27.8. The van der Waals surface area contributed by atoms with Crippen molar-refractivity contribution in [3.05, 3.63) is 83.3 Å². The fourth-order valence-corrected chi connectivity index (χ4v) is 3.95. The molecule has 0 saturated carbocycles. The molecule has 1 aromatic heterocycles. The van der Waals surface area contributed by atoms with Crippen molar-refractivity contribution < 1.29 is 23.5 Å². The number of nitrogens with one attached hydrogen (secondary N) is 1. The third kappa shape index (κ3) is 4.46. The maximum absolute atomic E-state index is 13.2. The Morgan fingerprint density at radius 1 is 1.16 bits per heavy atom. The largest absolute Gasteiger partial charge is 0.493 e. The molecule has 2 aromatic carbocycles. The van der Waals surface area contributed by atoms with Gasteiger partial charge >= 0.3 is 0 Å². The fourth-order valence-electron chi connectivity index (χ4n) is 3.95. The number of ether oxygens (including phenoxy) is 2. The second-order valence-electron chi connectivity index (χ2n) is 7.51. The van der Waals surface area contributed by atoms with Crippen LogP contribution in [0.25, 0.3) is 0 Å². The lowest BCUT2D eigenvalue weighted by Gasteiger charge is -2.28. The van der Waals surface area contributed by atoms with E-state index < -0.39 is 6.04 Å². The van der Waals surface area contributed by atoms with Crippen molar-refractivity contribution in [1.29, 1.82) is 0 Å². The minimum Gasteiger partial charge on any atom is -0.493 e. The van der Waals surface area contributed by atoms with Crippen LogP contribution in [-0.2, 0) is 17.9 Å². The molecule has 7 heteroatoms. The second-order valence-corrected chi connectivity index (χ2v) is 7.51. The quantitative estimate of drug-likeness (QED) is 0.549. The van der Waals surface area contributed by atoms with Crippen LogP contribution in [0.2, 0.25) is 0 Å². The molecule has 7 nitrogen and oxygen atoms in total. The molecule has 166 valence electrons. The first-order valence-electron chi connectivity index (χ1n) is 10.6. The number of hydrogen-bond acceptors (Lipinski definition) is 5. The van der Waals surface area contributed by atoms with E-state index in [1.54, 1.807) is 30.4 Å². The number of hydrogen-bond donors (Lipinski definition) is 1. The van der Waals surface area contributed by atoms with E-state index >= 15 is 0 Å². The van der Waals surface area contributed by atoms with Gasteiger partial charge in [-0.05, 0) is 48.4 Å². The van der Waals surface area contributed by atoms with Gasteiger partial charge in [0.1, 0.15) is 5.76 Å². The van der Waals surface area contributed by atoms with Gasteiger partial charge in [0.25, 0.3) is 5.91 Å². The van der Waals surface area contributed by atoms with Crippen LogP contribution in [0.1, 0.15) is 46.6 Å². The Labute approximate surface area is 186 Å². The highest BCUT2D eigenvalue weighted by Crippen LogP contribution is 2.37. The standard InChI is InChI=1S/C25H26N2O5/c1-3-31-22-11-10-17(13-23(22)30-2)21(14-24(28)26-15-19-8-6-12-32-19)27-16-18-7-4-5-9-20(18)25(27)29/h4-13,21H,3,14-16H2,1-2H3,(H,26,28)/t21-/m1/s1. The van der Waals surface area contributed by atoms with Crippen LogP contribution in [0, 0.1) is 0 Å². The van der Waals surface area contributed by atoms with Gasteiger partial charge in [0.15, 0.2) is 11.5 Å². The SMILES string of the molecule is CCOc1ccc([C@@H](CC(=O)NCc2ccco2)N2Cc3ccccc3C2=O)cc1OC. The molecule has 0 saturated heterocycles. The van der Waals surface area contributed by atoms with E-state index in [4.69, 9.17) is 13.9 Å². The van der Waals surface area contributed by atoms with Gasteiger partial charge in [-0.25, -0.2) is 0 Å². The van der Waals surface area contributed by atoms with Crippen LogP contribution in [0.3, 0.4) is 0 Å². The first kappa shape index (κ1) is 21.5. The molecule has 0 aliphatic carbocycles. The highest BCUT2D eigenvalue weighted by atomic mass is 16.5. The number of benzene rings is 2. The number of nitrogens with zero attached hydrogens (tertiary/aromatic N) is 1. The lowest BCUT2D eigenvalue weighted by molar-refractivity contribution is -0.122. The maximum Gasteiger partial charge on any atom is 0.255 e. The molecule has 1 atom stereocenters. The maximum atomic E-state index is 13.2. The lowest BCUT2D eigenvalue weighted by atomic mass is 10.0. The zero-order chi connectivity index (χ0) is 22.5. The monoisotopic (exact) mass is 434 g/mol. The van der Waals surface area contributed by atoms with Gasteiger partial charge in [-0.3, -0.25) is 9.59 Å². The predicted octanol–water partition coefficient (Wildman–Crippen LogP) is 4.09. The Kier molecular flexibility index (Phi) is 6.44. The molecule has 1 aliphatic heterocycles. The predicted molar refractivity (Wildman–Crippen MR) is 118 cm³/mol. The summed E-state index contributed by atoms with van der Waals surface area (Å²) in [5.41, 5.74) is 2.43. The van der Waals surface area contributed by atoms with Crippen molar-refractivity contribution >= 4 is 11.8 Å². The molecule has 0 fully saturated rings. The van der Waals surface area contributed by atoms with Crippen molar-refractivity contribution in [2.45, 2.75) is 32.5 Å². The number of furan rings is 1. The molecule has 1 aliphatic rings. The highest BCUT2D eigenvalue weighted by molar-refractivity contribution is 5.98. The van der Waals surface area contributed by atoms with Crippen molar-refractivity contribution in [2.24, 2.45) is 0 Å². The number of methoxy groups -OCH3 is 1. The van der Waals surface area contributed by atoms with E-state index in [2.05, 4.69) is 5.32 Å². The van der Waals surface area contributed by atoms with Crippen molar-refractivity contribution in [2.75, 3.05) is 13.7 Å². The van der Waals surface area contributed by atoms with Crippen LogP contribution < -0.4 is 14.8 Å². The van der Waals surface area contributed by atoms with Gasteiger partial charge in [0.05, 0.1) is 39.0 Å². The molecule has 1 N–H and O–H groups in total. The number of fused-ring (bicyclic) bond motifs is 1. The molecule has 3 aromatic rings. The zero-order valence-electron chi connectivity index (χ0n) is 18.2. The van der Waals surface area contributed by atoms with E-state index in [1.165, 1.54) is 0 Å². The summed E-state index contributed by atoms with van der Waals surface area (Å²) in [6.07, 6.45) is 1.67. The van der Waals surface area contributed by atoms with Crippen molar-refractivity contribution in [3.63, 3.8) is 0 Å². The van der Waals surface area contributed by atoms with Gasteiger partial charge in [0.2, 0.25) is 5.91 Å². The van der Waals surface area contributed by atoms with E-state index in [1.807, 2.05) is 49.4 Å². The summed E-state index contributed by atoms with van der Waals surface area (Å²) in [5, 5.41) is 2.88. The molecular formula is C25H26N2O5. The normalized spacial score (nSPS) is 13.6. The van der Waals surface area contributed by atoms with Crippen molar-refractivity contribution in [1.82, 2.24) is 10.2 Å². The van der Waals surface area contributed by atoms with Crippen LogP contribution in [0.4, 0.5) is 0 Å².